The molecule has 0 bridgehead atoms. The largest absolute Gasteiger partial charge is 0.339 e. The van der Waals surface area contributed by atoms with E-state index in [9.17, 15) is 19.7 Å². The molecular weight excluding hydrogens is 437 g/mol. The zero-order valence-corrected chi connectivity index (χ0v) is 16.0. The maximum Gasteiger partial charge on any atom is 0.270 e. The Bertz CT molecular complexity index is 695. The Morgan fingerprint density at radius 3 is 2.28 bits per heavy atom. The molecule has 0 unspecified atom stereocenters. The first-order valence-electron chi connectivity index (χ1n) is 8.49. The van der Waals surface area contributed by atoms with Gasteiger partial charge in [0, 0.05) is 47.8 Å². The number of piperazine rings is 1. The van der Waals surface area contributed by atoms with Gasteiger partial charge in [0.25, 0.3) is 11.6 Å². The average molecular weight is 457 g/mol. The third-order valence-corrected chi connectivity index (χ3v) is 5.91. The number of rotatable bonds is 3. The molecule has 2 amide bonds. The number of hydrogen-bond donors (Lipinski definition) is 0. The van der Waals surface area contributed by atoms with Gasteiger partial charge in [0.05, 0.1) is 10.5 Å². The monoisotopic (exact) mass is 457 g/mol. The van der Waals surface area contributed by atoms with Gasteiger partial charge in [-0.3, -0.25) is 19.7 Å². The molecule has 8 heteroatoms. The Labute approximate surface area is 159 Å². The van der Waals surface area contributed by atoms with Gasteiger partial charge >= 0.3 is 0 Å². The summed E-state index contributed by atoms with van der Waals surface area (Å²) in [5.74, 6) is 0.163. The van der Waals surface area contributed by atoms with E-state index in [0.29, 0.717) is 35.3 Å². The molecule has 1 heterocycles. The van der Waals surface area contributed by atoms with Crippen LogP contribution < -0.4 is 0 Å². The number of nitrogens with zero attached hydrogens (tertiary/aromatic N) is 3. The fraction of sp³-hybridized carbons (Fsp3) is 0.529. The van der Waals surface area contributed by atoms with Crippen LogP contribution in [-0.4, -0.2) is 52.7 Å². The van der Waals surface area contributed by atoms with Gasteiger partial charge in [-0.15, -0.1) is 0 Å². The van der Waals surface area contributed by atoms with Crippen LogP contribution in [0.25, 0.3) is 0 Å². The minimum absolute atomic E-state index is 0.0844. The quantitative estimate of drug-likeness (QED) is 0.397. The molecule has 7 nitrogen and oxygen atoms in total. The highest BCUT2D eigenvalue weighted by molar-refractivity contribution is 14.1. The van der Waals surface area contributed by atoms with E-state index in [2.05, 4.69) is 0 Å². The van der Waals surface area contributed by atoms with Crippen molar-refractivity contribution in [2.24, 2.45) is 5.92 Å². The van der Waals surface area contributed by atoms with Crippen LogP contribution in [0, 0.1) is 19.6 Å². The van der Waals surface area contributed by atoms with E-state index in [-0.39, 0.29) is 23.4 Å². The van der Waals surface area contributed by atoms with Crippen LogP contribution >= 0.6 is 22.6 Å². The Morgan fingerprint density at radius 1 is 1.08 bits per heavy atom. The molecule has 1 aliphatic heterocycles. The van der Waals surface area contributed by atoms with Crippen molar-refractivity contribution < 1.29 is 14.5 Å². The SMILES string of the molecule is O=C(c1cc([N+](=O)[O-])ccc1I)N1CCN(C(=O)C2CCCC2)CC1. The summed E-state index contributed by atoms with van der Waals surface area (Å²) >= 11 is 2.02. The smallest absolute Gasteiger partial charge is 0.270 e. The summed E-state index contributed by atoms with van der Waals surface area (Å²) < 4.78 is 0.692. The van der Waals surface area contributed by atoms with Crippen molar-refractivity contribution in [1.82, 2.24) is 9.80 Å². The van der Waals surface area contributed by atoms with Gasteiger partial charge in [-0.1, -0.05) is 12.8 Å². The summed E-state index contributed by atoms with van der Waals surface area (Å²) in [4.78, 5) is 39.2. The molecule has 1 aliphatic carbocycles. The zero-order valence-electron chi connectivity index (χ0n) is 13.8. The van der Waals surface area contributed by atoms with Crippen LogP contribution in [0.2, 0.25) is 0 Å². The first-order valence-corrected chi connectivity index (χ1v) is 9.57. The molecule has 0 radical (unpaired) electrons. The molecule has 0 aromatic heterocycles. The molecule has 1 aromatic carbocycles. The van der Waals surface area contributed by atoms with Crippen LogP contribution in [0.4, 0.5) is 5.69 Å². The third-order valence-electron chi connectivity index (χ3n) is 4.97. The Hall–Kier alpha value is -1.71. The van der Waals surface area contributed by atoms with Crippen LogP contribution in [0.15, 0.2) is 18.2 Å². The van der Waals surface area contributed by atoms with Gasteiger partial charge in [-0.05, 0) is 41.5 Å². The van der Waals surface area contributed by atoms with E-state index >= 15 is 0 Å². The summed E-state index contributed by atoms with van der Waals surface area (Å²) in [5, 5.41) is 10.9. The fourth-order valence-electron chi connectivity index (χ4n) is 3.52. The van der Waals surface area contributed by atoms with Gasteiger partial charge in [-0.25, -0.2) is 0 Å². The van der Waals surface area contributed by atoms with E-state index < -0.39 is 4.92 Å². The second-order valence-electron chi connectivity index (χ2n) is 6.52. The van der Waals surface area contributed by atoms with Crippen molar-refractivity contribution >= 4 is 40.1 Å². The molecule has 2 aliphatic rings. The van der Waals surface area contributed by atoms with Crippen LogP contribution in [0.1, 0.15) is 36.0 Å². The molecule has 0 atom stereocenters. The van der Waals surface area contributed by atoms with Crippen molar-refractivity contribution in [3.63, 3.8) is 0 Å². The highest BCUT2D eigenvalue weighted by Gasteiger charge is 2.31. The lowest BCUT2D eigenvalue weighted by molar-refractivity contribution is -0.384. The lowest BCUT2D eigenvalue weighted by Crippen LogP contribution is -2.51. The Morgan fingerprint density at radius 2 is 1.68 bits per heavy atom. The summed E-state index contributed by atoms with van der Waals surface area (Å²) in [5.41, 5.74) is 0.268. The number of halogens is 1. The first-order chi connectivity index (χ1) is 12.0. The number of carbonyl (C=O) groups excluding carboxylic acids is 2. The Balaban J connectivity index is 1.64. The maximum absolute atomic E-state index is 12.7. The normalized spacial score (nSPS) is 18.4. The van der Waals surface area contributed by atoms with Crippen molar-refractivity contribution in [3.05, 3.63) is 37.4 Å². The Kier molecular flexibility index (Phi) is 5.55. The number of carbonyl (C=O) groups is 2. The molecule has 3 rings (SSSR count). The highest BCUT2D eigenvalue weighted by atomic mass is 127. The molecule has 0 spiro atoms. The molecule has 1 aromatic rings. The fourth-order valence-corrected chi connectivity index (χ4v) is 4.09. The number of nitro benzene ring substituents is 1. The van der Waals surface area contributed by atoms with E-state index in [1.807, 2.05) is 27.5 Å². The predicted molar refractivity (Wildman–Crippen MR) is 100 cm³/mol. The lowest BCUT2D eigenvalue weighted by Gasteiger charge is -2.36. The number of non-ortho nitro benzene ring substituents is 1. The summed E-state index contributed by atoms with van der Waals surface area (Å²) in [7, 11) is 0. The molecule has 1 saturated carbocycles. The van der Waals surface area contributed by atoms with Gasteiger partial charge in [0.15, 0.2) is 0 Å². The van der Waals surface area contributed by atoms with Gasteiger partial charge in [0.1, 0.15) is 0 Å². The van der Waals surface area contributed by atoms with Crippen molar-refractivity contribution in [3.8, 4) is 0 Å². The summed E-state index contributed by atoms with van der Waals surface area (Å²) in [6.07, 6.45) is 4.20. The zero-order chi connectivity index (χ0) is 18.0. The summed E-state index contributed by atoms with van der Waals surface area (Å²) in [6.45, 7) is 2.01. The second-order valence-corrected chi connectivity index (χ2v) is 7.68. The van der Waals surface area contributed by atoms with Crippen LogP contribution in [-0.2, 0) is 4.79 Å². The van der Waals surface area contributed by atoms with E-state index in [0.717, 1.165) is 25.7 Å². The number of benzene rings is 1. The first kappa shape index (κ1) is 18.1. The molecule has 25 heavy (non-hydrogen) atoms. The topological polar surface area (TPSA) is 83.8 Å². The van der Waals surface area contributed by atoms with E-state index in [1.165, 1.54) is 12.1 Å². The van der Waals surface area contributed by atoms with Crippen LogP contribution in [0.3, 0.4) is 0 Å². The second kappa shape index (κ2) is 7.67. The highest BCUT2D eigenvalue weighted by Crippen LogP contribution is 2.27. The van der Waals surface area contributed by atoms with Crippen molar-refractivity contribution in [2.75, 3.05) is 26.2 Å². The van der Waals surface area contributed by atoms with Crippen molar-refractivity contribution in [1.29, 1.82) is 0 Å². The third kappa shape index (κ3) is 3.94. The van der Waals surface area contributed by atoms with Gasteiger partial charge < -0.3 is 9.80 Å². The number of nitro groups is 1. The van der Waals surface area contributed by atoms with Gasteiger partial charge in [-0.2, -0.15) is 0 Å². The standard InChI is InChI=1S/C17H20IN3O4/c18-15-6-5-13(21(24)25)11-14(15)17(23)20-9-7-19(8-10-20)16(22)12-3-1-2-4-12/h5-6,11-12H,1-4,7-10H2. The average Bonchev–Trinajstić information content (AvgIpc) is 3.15. The summed E-state index contributed by atoms with van der Waals surface area (Å²) in [6, 6.07) is 4.32. The predicted octanol–water partition coefficient (Wildman–Crippen LogP) is 2.67. The molecular formula is C17H20IN3O4. The van der Waals surface area contributed by atoms with E-state index in [1.54, 1.807) is 11.0 Å². The van der Waals surface area contributed by atoms with Crippen molar-refractivity contribution in [2.45, 2.75) is 25.7 Å². The minimum Gasteiger partial charge on any atom is -0.339 e. The number of amides is 2. The van der Waals surface area contributed by atoms with Crippen LogP contribution in [0.5, 0.6) is 0 Å². The molecule has 134 valence electrons. The molecule has 1 saturated heterocycles. The van der Waals surface area contributed by atoms with Gasteiger partial charge in [0.2, 0.25) is 5.91 Å². The lowest BCUT2D eigenvalue weighted by atomic mass is 10.1. The minimum atomic E-state index is -0.495. The molecule has 0 N–H and O–H groups in total. The molecule has 2 fully saturated rings. The number of hydrogen-bond acceptors (Lipinski definition) is 4. The maximum atomic E-state index is 12.7. The van der Waals surface area contributed by atoms with E-state index in [4.69, 9.17) is 0 Å².